The summed E-state index contributed by atoms with van der Waals surface area (Å²) >= 11 is 5.06. The quantitative estimate of drug-likeness (QED) is 0.880. The highest BCUT2D eigenvalue weighted by atomic mass is 79.9. The van der Waals surface area contributed by atoms with E-state index in [4.69, 9.17) is 5.26 Å². The Morgan fingerprint density at radius 3 is 2.71 bits per heavy atom. The molecule has 0 aliphatic rings. The normalized spacial score (nSPS) is 9.88. The molecule has 4 nitrogen and oxygen atoms in total. The zero-order valence-corrected chi connectivity index (χ0v) is 11.3. The summed E-state index contributed by atoms with van der Waals surface area (Å²) in [4.78, 5) is 9.52. The van der Waals surface area contributed by atoms with E-state index in [-0.39, 0.29) is 0 Å². The molecule has 0 unspecified atom stereocenters. The van der Waals surface area contributed by atoms with Crippen LogP contribution < -0.4 is 5.32 Å². The Morgan fingerprint density at radius 1 is 1.35 bits per heavy atom. The Bertz CT molecular complexity index is 529. The molecule has 0 atom stereocenters. The molecular weight excluding hydrogens is 300 g/mol. The first-order valence-corrected chi connectivity index (χ1v) is 6.59. The Labute approximate surface area is 111 Å². The second-order valence-corrected chi connectivity index (χ2v) is 5.70. The minimum absolute atomic E-state index is 0.447. The number of hydrogen-bond acceptors (Lipinski definition) is 5. The van der Waals surface area contributed by atoms with Crippen LogP contribution in [0.3, 0.4) is 0 Å². The van der Waals surface area contributed by atoms with Crippen LogP contribution in [0.15, 0.2) is 28.3 Å². The Kier molecular flexibility index (Phi) is 4.07. The van der Waals surface area contributed by atoms with Gasteiger partial charge in [-0.05, 0) is 28.1 Å². The fourth-order valence-electron chi connectivity index (χ4n) is 1.25. The van der Waals surface area contributed by atoms with Gasteiger partial charge in [0, 0.05) is 29.4 Å². The molecule has 2 rings (SSSR count). The number of anilines is 1. The van der Waals surface area contributed by atoms with Crippen LogP contribution in [-0.4, -0.2) is 16.5 Å². The van der Waals surface area contributed by atoms with Crippen LogP contribution in [0.4, 0.5) is 5.95 Å². The summed E-state index contributed by atoms with van der Waals surface area (Å²) < 4.78 is 1.09. The molecular formula is C11H9BrN4S. The largest absolute Gasteiger partial charge is 0.353 e. The van der Waals surface area contributed by atoms with Crippen LogP contribution in [0.1, 0.15) is 6.42 Å². The summed E-state index contributed by atoms with van der Waals surface area (Å²) in [5.41, 5.74) is 0.992. The molecule has 0 saturated carbocycles. The van der Waals surface area contributed by atoms with Gasteiger partial charge in [-0.3, -0.25) is 0 Å². The first-order valence-electron chi connectivity index (χ1n) is 4.98. The molecule has 0 fully saturated rings. The molecule has 0 saturated heterocycles. The summed E-state index contributed by atoms with van der Waals surface area (Å²) in [7, 11) is 0. The molecule has 0 aliphatic heterocycles. The van der Waals surface area contributed by atoms with Crippen LogP contribution in [0.2, 0.25) is 0 Å². The lowest BCUT2D eigenvalue weighted by Crippen LogP contribution is -2.04. The predicted octanol–water partition coefficient (Wildman–Crippen LogP) is 3.29. The average molecular weight is 309 g/mol. The number of aromatic nitrogens is 2. The highest BCUT2D eigenvalue weighted by molar-refractivity contribution is 9.11. The predicted molar refractivity (Wildman–Crippen MR) is 71.8 cm³/mol. The first-order chi connectivity index (χ1) is 8.29. The van der Waals surface area contributed by atoms with Crippen LogP contribution in [-0.2, 0) is 0 Å². The number of thiophene rings is 1. The van der Waals surface area contributed by atoms with Crippen molar-refractivity contribution in [3.63, 3.8) is 0 Å². The lowest BCUT2D eigenvalue weighted by molar-refractivity contribution is 1.02. The van der Waals surface area contributed by atoms with Gasteiger partial charge in [-0.2, -0.15) is 5.26 Å². The van der Waals surface area contributed by atoms with Gasteiger partial charge >= 0.3 is 0 Å². The summed E-state index contributed by atoms with van der Waals surface area (Å²) in [5.74, 6) is 0.555. The standard InChI is InChI=1S/C11H9BrN4S/c12-10-3-2-9(17-10)8-6-15-11(16-7-8)14-5-1-4-13/h2-3,6-7H,1,5H2,(H,14,15,16). The number of hydrogen-bond donors (Lipinski definition) is 1. The number of halogens is 1. The Morgan fingerprint density at radius 2 is 2.12 bits per heavy atom. The molecule has 0 aliphatic carbocycles. The Balaban J connectivity index is 2.05. The molecule has 0 spiro atoms. The Hall–Kier alpha value is -1.45. The maximum Gasteiger partial charge on any atom is 0.222 e. The molecule has 2 aromatic rings. The van der Waals surface area contributed by atoms with Crippen molar-refractivity contribution in [3.05, 3.63) is 28.3 Å². The smallest absolute Gasteiger partial charge is 0.222 e. The summed E-state index contributed by atoms with van der Waals surface area (Å²) in [6, 6.07) is 6.08. The van der Waals surface area contributed by atoms with Crippen LogP contribution in [0, 0.1) is 11.3 Å². The summed E-state index contributed by atoms with van der Waals surface area (Å²) in [5, 5.41) is 11.4. The van der Waals surface area contributed by atoms with Gasteiger partial charge in [0.15, 0.2) is 0 Å². The van der Waals surface area contributed by atoms with E-state index in [0.29, 0.717) is 18.9 Å². The second-order valence-electron chi connectivity index (χ2n) is 3.23. The van der Waals surface area contributed by atoms with Crippen LogP contribution in [0.5, 0.6) is 0 Å². The van der Waals surface area contributed by atoms with Gasteiger partial charge in [0.2, 0.25) is 5.95 Å². The molecule has 1 N–H and O–H groups in total. The second kappa shape index (κ2) is 5.75. The molecule has 0 bridgehead atoms. The van der Waals surface area contributed by atoms with E-state index in [9.17, 15) is 0 Å². The van der Waals surface area contributed by atoms with Crippen molar-refractivity contribution in [1.29, 1.82) is 5.26 Å². The van der Waals surface area contributed by atoms with Crippen LogP contribution in [0.25, 0.3) is 10.4 Å². The van der Waals surface area contributed by atoms with Gasteiger partial charge in [0.05, 0.1) is 16.3 Å². The monoisotopic (exact) mass is 308 g/mol. The molecule has 86 valence electrons. The van der Waals surface area contributed by atoms with Crippen molar-refractivity contribution in [3.8, 4) is 16.5 Å². The van der Waals surface area contributed by atoms with Crippen molar-refractivity contribution in [2.45, 2.75) is 6.42 Å². The molecule has 6 heteroatoms. The van der Waals surface area contributed by atoms with Crippen molar-refractivity contribution in [2.24, 2.45) is 0 Å². The van der Waals surface area contributed by atoms with E-state index < -0.39 is 0 Å². The fourth-order valence-corrected chi connectivity index (χ4v) is 2.61. The molecule has 17 heavy (non-hydrogen) atoms. The van der Waals surface area contributed by atoms with E-state index in [0.717, 1.165) is 14.2 Å². The first kappa shape index (κ1) is 12.0. The maximum absolute atomic E-state index is 8.41. The third-order valence-electron chi connectivity index (χ3n) is 2.03. The third kappa shape index (κ3) is 3.25. The van der Waals surface area contributed by atoms with Gasteiger partial charge in [0.1, 0.15) is 0 Å². The molecule has 0 amide bonds. The highest BCUT2D eigenvalue weighted by Crippen LogP contribution is 2.30. The van der Waals surface area contributed by atoms with Gasteiger partial charge in [-0.1, -0.05) is 0 Å². The molecule has 2 aromatic heterocycles. The van der Waals surface area contributed by atoms with E-state index in [1.54, 1.807) is 23.7 Å². The number of nitrogens with zero attached hydrogens (tertiary/aromatic N) is 3. The zero-order valence-electron chi connectivity index (χ0n) is 8.85. The van der Waals surface area contributed by atoms with Crippen molar-refractivity contribution in [2.75, 3.05) is 11.9 Å². The topological polar surface area (TPSA) is 61.6 Å². The molecule has 0 radical (unpaired) electrons. The number of rotatable bonds is 4. The number of nitrogens with one attached hydrogen (secondary N) is 1. The number of nitriles is 1. The lowest BCUT2D eigenvalue weighted by atomic mass is 10.3. The van der Waals surface area contributed by atoms with E-state index in [2.05, 4.69) is 37.3 Å². The van der Waals surface area contributed by atoms with Gasteiger partial charge in [-0.15, -0.1) is 11.3 Å². The highest BCUT2D eigenvalue weighted by Gasteiger charge is 2.02. The average Bonchev–Trinajstić information content (AvgIpc) is 2.77. The van der Waals surface area contributed by atoms with Crippen molar-refractivity contribution >= 4 is 33.2 Å². The van der Waals surface area contributed by atoms with Crippen molar-refractivity contribution in [1.82, 2.24) is 9.97 Å². The van der Waals surface area contributed by atoms with Crippen molar-refractivity contribution < 1.29 is 0 Å². The molecule has 0 aromatic carbocycles. The van der Waals surface area contributed by atoms with E-state index in [1.165, 1.54) is 0 Å². The summed E-state index contributed by atoms with van der Waals surface area (Å²) in [6.07, 6.45) is 4.00. The van der Waals surface area contributed by atoms with Gasteiger partial charge in [-0.25, -0.2) is 9.97 Å². The van der Waals surface area contributed by atoms with Gasteiger partial charge in [0.25, 0.3) is 0 Å². The zero-order chi connectivity index (χ0) is 12.1. The maximum atomic E-state index is 8.41. The van der Waals surface area contributed by atoms with E-state index >= 15 is 0 Å². The van der Waals surface area contributed by atoms with Gasteiger partial charge < -0.3 is 5.32 Å². The minimum Gasteiger partial charge on any atom is -0.353 e. The SMILES string of the molecule is N#CCCNc1ncc(-c2ccc(Br)s2)cn1. The summed E-state index contributed by atoms with van der Waals surface area (Å²) in [6.45, 7) is 0.570. The lowest BCUT2D eigenvalue weighted by Gasteiger charge is -2.02. The fraction of sp³-hybridized carbons (Fsp3) is 0.182. The van der Waals surface area contributed by atoms with E-state index in [1.807, 2.05) is 12.1 Å². The third-order valence-corrected chi connectivity index (χ3v) is 3.70. The minimum atomic E-state index is 0.447. The molecule has 2 heterocycles. The van der Waals surface area contributed by atoms with Crippen LogP contribution >= 0.6 is 27.3 Å².